The summed E-state index contributed by atoms with van der Waals surface area (Å²) in [4.78, 5) is 12.0. The highest BCUT2D eigenvalue weighted by atomic mass is 16.5. The molecule has 0 bridgehead atoms. The summed E-state index contributed by atoms with van der Waals surface area (Å²) in [6, 6.07) is 8.37. The highest BCUT2D eigenvalue weighted by Gasteiger charge is 2.16. The highest BCUT2D eigenvalue weighted by molar-refractivity contribution is 5.77. The number of amides is 1. The molecule has 3 heteroatoms. The molecule has 0 heterocycles. The molecule has 1 aliphatic rings. The third-order valence-electron chi connectivity index (χ3n) is 4.39. The predicted molar refractivity (Wildman–Crippen MR) is 85.7 cm³/mol. The molecule has 2 rings (SSSR count). The first kappa shape index (κ1) is 15.9. The summed E-state index contributed by atoms with van der Waals surface area (Å²) in [6.45, 7) is 4.46. The zero-order valence-electron chi connectivity index (χ0n) is 13.2. The van der Waals surface area contributed by atoms with Crippen LogP contribution in [0.5, 0.6) is 5.75 Å². The van der Waals surface area contributed by atoms with Crippen molar-refractivity contribution in [2.24, 2.45) is 0 Å². The topological polar surface area (TPSA) is 38.3 Å². The lowest BCUT2D eigenvalue weighted by Gasteiger charge is -2.23. The summed E-state index contributed by atoms with van der Waals surface area (Å²) in [5.41, 5.74) is 1.19. The van der Waals surface area contributed by atoms with Crippen LogP contribution in [0, 0.1) is 0 Å². The van der Waals surface area contributed by atoms with Gasteiger partial charge in [-0.2, -0.15) is 0 Å². The zero-order valence-corrected chi connectivity index (χ0v) is 13.2. The molecule has 1 aliphatic carbocycles. The van der Waals surface area contributed by atoms with Crippen LogP contribution in [0.2, 0.25) is 0 Å². The number of carbonyl (C=O) groups excluding carboxylic acids is 1. The molecular formula is C18H27NO2. The van der Waals surface area contributed by atoms with Gasteiger partial charge < -0.3 is 10.1 Å². The van der Waals surface area contributed by atoms with Crippen molar-refractivity contribution in [3.05, 3.63) is 29.8 Å². The average Bonchev–Trinajstić information content (AvgIpc) is 2.53. The standard InChI is InChI=1S/C18H27NO2/c1-3-14(2)16-11-7-8-12-17(16)21-13-18(20)19-15-9-5-4-6-10-15/h7-8,11-12,14-15H,3-6,9-10,13H2,1-2H3,(H,19,20). The van der Waals surface area contributed by atoms with Gasteiger partial charge in [-0.05, 0) is 36.8 Å². The lowest BCUT2D eigenvalue weighted by atomic mass is 9.95. The van der Waals surface area contributed by atoms with E-state index < -0.39 is 0 Å². The fourth-order valence-corrected chi connectivity index (χ4v) is 2.90. The Morgan fingerprint density at radius 3 is 2.71 bits per heavy atom. The van der Waals surface area contributed by atoms with Crippen LogP contribution in [-0.2, 0) is 4.79 Å². The van der Waals surface area contributed by atoms with Crippen LogP contribution in [0.15, 0.2) is 24.3 Å². The molecule has 1 saturated carbocycles. The monoisotopic (exact) mass is 289 g/mol. The molecule has 0 aliphatic heterocycles. The highest BCUT2D eigenvalue weighted by Crippen LogP contribution is 2.28. The van der Waals surface area contributed by atoms with Crippen molar-refractivity contribution < 1.29 is 9.53 Å². The summed E-state index contributed by atoms with van der Waals surface area (Å²) in [5, 5.41) is 3.09. The number of hydrogen-bond donors (Lipinski definition) is 1. The number of para-hydroxylation sites is 1. The normalized spacial score (nSPS) is 17.2. The van der Waals surface area contributed by atoms with Crippen LogP contribution in [0.3, 0.4) is 0 Å². The minimum atomic E-state index is 0.000791. The molecule has 0 radical (unpaired) electrons. The minimum Gasteiger partial charge on any atom is -0.483 e. The fourth-order valence-electron chi connectivity index (χ4n) is 2.90. The van der Waals surface area contributed by atoms with E-state index >= 15 is 0 Å². The van der Waals surface area contributed by atoms with Gasteiger partial charge in [-0.25, -0.2) is 0 Å². The summed E-state index contributed by atoms with van der Waals surface area (Å²) < 4.78 is 5.75. The van der Waals surface area contributed by atoms with E-state index in [0.717, 1.165) is 25.0 Å². The molecule has 1 atom stereocenters. The first-order valence-electron chi connectivity index (χ1n) is 8.21. The Morgan fingerprint density at radius 2 is 2.00 bits per heavy atom. The molecule has 1 aromatic carbocycles. The third kappa shape index (κ3) is 4.76. The lowest BCUT2D eigenvalue weighted by Crippen LogP contribution is -2.39. The van der Waals surface area contributed by atoms with Gasteiger partial charge in [0, 0.05) is 6.04 Å². The smallest absolute Gasteiger partial charge is 0.258 e. The van der Waals surface area contributed by atoms with Crippen molar-refractivity contribution in [1.29, 1.82) is 0 Å². The molecule has 0 spiro atoms. The number of rotatable bonds is 6. The maximum Gasteiger partial charge on any atom is 0.258 e. The van der Waals surface area contributed by atoms with Gasteiger partial charge in [0.2, 0.25) is 0 Å². The van der Waals surface area contributed by atoms with E-state index in [4.69, 9.17) is 4.74 Å². The Kier molecular flexibility index (Phi) is 6.09. The first-order valence-corrected chi connectivity index (χ1v) is 8.21. The van der Waals surface area contributed by atoms with E-state index in [1.807, 2.05) is 18.2 Å². The van der Waals surface area contributed by atoms with Crippen molar-refractivity contribution in [1.82, 2.24) is 5.32 Å². The van der Waals surface area contributed by atoms with Crippen molar-refractivity contribution in [2.45, 2.75) is 64.3 Å². The summed E-state index contributed by atoms with van der Waals surface area (Å²) in [5.74, 6) is 1.29. The summed E-state index contributed by atoms with van der Waals surface area (Å²) >= 11 is 0. The van der Waals surface area contributed by atoms with Crippen LogP contribution in [0.1, 0.15) is 63.9 Å². The molecular weight excluding hydrogens is 262 g/mol. The van der Waals surface area contributed by atoms with E-state index in [0.29, 0.717) is 12.0 Å². The van der Waals surface area contributed by atoms with Gasteiger partial charge in [0.05, 0.1) is 0 Å². The van der Waals surface area contributed by atoms with Gasteiger partial charge in [-0.3, -0.25) is 4.79 Å². The third-order valence-corrected chi connectivity index (χ3v) is 4.39. The molecule has 3 nitrogen and oxygen atoms in total. The van der Waals surface area contributed by atoms with E-state index in [9.17, 15) is 4.79 Å². The summed E-state index contributed by atoms with van der Waals surface area (Å²) in [7, 11) is 0. The minimum absolute atomic E-state index is 0.000791. The molecule has 1 N–H and O–H groups in total. The molecule has 0 saturated heterocycles. The SMILES string of the molecule is CCC(C)c1ccccc1OCC(=O)NC1CCCCC1. The number of carbonyl (C=O) groups is 1. The van der Waals surface area contributed by atoms with Gasteiger partial charge in [-0.1, -0.05) is 51.3 Å². The maximum absolute atomic E-state index is 12.0. The second-order valence-electron chi connectivity index (χ2n) is 6.04. The van der Waals surface area contributed by atoms with Gasteiger partial charge in [0.25, 0.3) is 5.91 Å². The second-order valence-corrected chi connectivity index (χ2v) is 6.04. The van der Waals surface area contributed by atoms with E-state index in [1.165, 1.54) is 24.8 Å². The van der Waals surface area contributed by atoms with Gasteiger partial charge in [-0.15, -0.1) is 0 Å². The predicted octanol–water partition coefficient (Wildman–Crippen LogP) is 4.03. The Hall–Kier alpha value is -1.51. The maximum atomic E-state index is 12.0. The van der Waals surface area contributed by atoms with Crippen molar-refractivity contribution >= 4 is 5.91 Å². The number of benzene rings is 1. The molecule has 1 aromatic rings. The number of ether oxygens (including phenoxy) is 1. The molecule has 1 fully saturated rings. The van der Waals surface area contributed by atoms with E-state index in [2.05, 4.69) is 25.2 Å². The molecule has 116 valence electrons. The van der Waals surface area contributed by atoms with E-state index in [-0.39, 0.29) is 12.5 Å². The van der Waals surface area contributed by atoms with Crippen LogP contribution < -0.4 is 10.1 Å². The Morgan fingerprint density at radius 1 is 1.29 bits per heavy atom. The molecule has 1 amide bonds. The quantitative estimate of drug-likeness (QED) is 0.858. The second kappa shape index (κ2) is 8.06. The zero-order chi connectivity index (χ0) is 15.1. The fraction of sp³-hybridized carbons (Fsp3) is 0.611. The van der Waals surface area contributed by atoms with Gasteiger partial charge >= 0.3 is 0 Å². The Bertz CT molecular complexity index is 452. The molecule has 1 unspecified atom stereocenters. The van der Waals surface area contributed by atoms with Crippen molar-refractivity contribution in [2.75, 3.05) is 6.61 Å². The van der Waals surface area contributed by atoms with Crippen LogP contribution in [0.25, 0.3) is 0 Å². The van der Waals surface area contributed by atoms with Crippen LogP contribution >= 0.6 is 0 Å². The Labute approximate surface area is 128 Å². The van der Waals surface area contributed by atoms with Crippen molar-refractivity contribution in [3.63, 3.8) is 0 Å². The summed E-state index contributed by atoms with van der Waals surface area (Å²) in [6.07, 6.45) is 7.02. The van der Waals surface area contributed by atoms with E-state index in [1.54, 1.807) is 0 Å². The molecule has 0 aromatic heterocycles. The van der Waals surface area contributed by atoms with Crippen molar-refractivity contribution in [3.8, 4) is 5.75 Å². The first-order chi connectivity index (χ1) is 10.2. The lowest BCUT2D eigenvalue weighted by molar-refractivity contribution is -0.124. The van der Waals surface area contributed by atoms with Gasteiger partial charge in [0.15, 0.2) is 6.61 Å². The van der Waals surface area contributed by atoms with Crippen LogP contribution in [-0.4, -0.2) is 18.6 Å². The Balaban J connectivity index is 1.86. The van der Waals surface area contributed by atoms with Crippen LogP contribution in [0.4, 0.5) is 0 Å². The van der Waals surface area contributed by atoms with Gasteiger partial charge in [0.1, 0.15) is 5.75 Å². The largest absolute Gasteiger partial charge is 0.483 e. The number of hydrogen-bond acceptors (Lipinski definition) is 2. The number of nitrogens with one attached hydrogen (secondary N) is 1. The average molecular weight is 289 g/mol. The molecule has 21 heavy (non-hydrogen) atoms.